The Morgan fingerprint density at radius 1 is 1.60 bits per heavy atom. The van der Waals surface area contributed by atoms with Crippen molar-refractivity contribution in [2.24, 2.45) is 0 Å². The molecule has 0 bridgehead atoms. The van der Waals surface area contributed by atoms with Gasteiger partial charge in [0, 0.05) is 13.1 Å². The average molecular weight is 166 g/mol. The van der Waals surface area contributed by atoms with Gasteiger partial charge in [-0.1, -0.05) is 11.6 Å². The van der Waals surface area contributed by atoms with Crippen LogP contribution >= 0.6 is 11.6 Å². The Labute approximate surface area is 65.6 Å². The Balaban J connectivity index is 3.89. The van der Waals surface area contributed by atoms with E-state index in [1.165, 1.54) is 4.90 Å². The SMILES string of the molecule is CCN(CC)C(=O)C(O)Cl. The number of aliphatic hydroxyl groups excluding tert-OH is 1. The first-order chi connectivity index (χ1) is 4.63. The molecular weight excluding hydrogens is 154 g/mol. The Morgan fingerprint density at radius 3 is 2.10 bits per heavy atom. The molecule has 10 heavy (non-hydrogen) atoms. The second-order valence-corrected chi connectivity index (χ2v) is 2.26. The van der Waals surface area contributed by atoms with Gasteiger partial charge >= 0.3 is 0 Å². The van der Waals surface area contributed by atoms with Crippen LogP contribution in [0.3, 0.4) is 0 Å². The highest BCUT2D eigenvalue weighted by atomic mass is 35.5. The molecule has 0 radical (unpaired) electrons. The van der Waals surface area contributed by atoms with E-state index in [0.29, 0.717) is 13.1 Å². The molecule has 1 atom stereocenters. The van der Waals surface area contributed by atoms with E-state index in [1.54, 1.807) is 0 Å². The highest BCUT2D eigenvalue weighted by Gasteiger charge is 2.16. The molecule has 0 saturated carbocycles. The quantitative estimate of drug-likeness (QED) is 0.616. The van der Waals surface area contributed by atoms with E-state index >= 15 is 0 Å². The first-order valence-corrected chi connectivity index (χ1v) is 3.68. The van der Waals surface area contributed by atoms with Crippen molar-refractivity contribution in [3.63, 3.8) is 0 Å². The Kier molecular flexibility index (Phi) is 4.40. The van der Waals surface area contributed by atoms with Crippen molar-refractivity contribution in [2.45, 2.75) is 19.4 Å². The molecule has 0 rings (SSSR count). The van der Waals surface area contributed by atoms with Crippen molar-refractivity contribution in [3.05, 3.63) is 0 Å². The normalized spacial score (nSPS) is 12.8. The number of rotatable bonds is 3. The van der Waals surface area contributed by atoms with Gasteiger partial charge in [0.2, 0.25) is 5.56 Å². The monoisotopic (exact) mass is 165 g/mol. The lowest BCUT2D eigenvalue weighted by Gasteiger charge is -2.18. The van der Waals surface area contributed by atoms with Crippen LogP contribution in [0.4, 0.5) is 0 Å². The predicted octanol–water partition coefficient (Wildman–Crippen LogP) is 0.412. The summed E-state index contributed by atoms with van der Waals surface area (Å²) in [7, 11) is 0. The molecule has 3 nitrogen and oxygen atoms in total. The fourth-order valence-electron chi connectivity index (χ4n) is 0.686. The molecule has 4 heteroatoms. The number of amides is 1. The summed E-state index contributed by atoms with van der Waals surface area (Å²) in [4.78, 5) is 12.3. The number of likely N-dealkylation sites (N-methyl/N-ethyl adjacent to an activating group) is 1. The third-order valence-electron chi connectivity index (χ3n) is 1.28. The highest BCUT2D eigenvalue weighted by Crippen LogP contribution is 1.97. The van der Waals surface area contributed by atoms with Crippen LogP contribution in [0, 0.1) is 0 Å². The number of carbonyl (C=O) groups is 1. The number of aliphatic hydroxyl groups is 1. The lowest BCUT2D eigenvalue weighted by atomic mass is 10.5. The molecule has 0 aliphatic heterocycles. The van der Waals surface area contributed by atoms with Crippen molar-refractivity contribution in [1.82, 2.24) is 4.90 Å². The van der Waals surface area contributed by atoms with Crippen LogP contribution in [0.25, 0.3) is 0 Å². The topological polar surface area (TPSA) is 40.5 Å². The van der Waals surface area contributed by atoms with E-state index in [9.17, 15) is 4.79 Å². The highest BCUT2D eigenvalue weighted by molar-refractivity contribution is 6.29. The summed E-state index contributed by atoms with van der Waals surface area (Å²) in [6, 6.07) is 0. The largest absolute Gasteiger partial charge is 0.369 e. The summed E-state index contributed by atoms with van der Waals surface area (Å²) in [5.41, 5.74) is -1.39. The van der Waals surface area contributed by atoms with Crippen LogP contribution in [0.5, 0.6) is 0 Å². The average Bonchev–Trinajstić information content (AvgIpc) is 1.90. The number of hydrogen-bond acceptors (Lipinski definition) is 2. The lowest BCUT2D eigenvalue weighted by molar-refractivity contribution is -0.135. The third kappa shape index (κ3) is 2.54. The van der Waals surface area contributed by atoms with Gasteiger partial charge in [0.05, 0.1) is 0 Å². The van der Waals surface area contributed by atoms with Gasteiger partial charge in [-0.3, -0.25) is 4.79 Å². The molecule has 0 aliphatic carbocycles. The van der Waals surface area contributed by atoms with E-state index in [0.717, 1.165) is 0 Å². The molecule has 0 saturated heterocycles. The van der Waals surface area contributed by atoms with Crippen LogP contribution in [0.2, 0.25) is 0 Å². The first-order valence-electron chi connectivity index (χ1n) is 3.24. The number of alkyl halides is 1. The van der Waals surface area contributed by atoms with Crippen LogP contribution < -0.4 is 0 Å². The van der Waals surface area contributed by atoms with E-state index in [1.807, 2.05) is 13.8 Å². The molecule has 1 amide bonds. The van der Waals surface area contributed by atoms with Gasteiger partial charge in [-0.2, -0.15) is 0 Å². The van der Waals surface area contributed by atoms with Crippen LogP contribution in [-0.4, -0.2) is 34.6 Å². The maximum absolute atomic E-state index is 10.8. The van der Waals surface area contributed by atoms with Crippen molar-refractivity contribution in [2.75, 3.05) is 13.1 Å². The van der Waals surface area contributed by atoms with Gasteiger partial charge in [0.15, 0.2) is 0 Å². The van der Waals surface area contributed by atoms with Gasteiger partial charge in [-0.25, -0.2) is 0 Å². The maximum Gasteiger partial charge on any atom is 0.267 e. The summed E-state index contributed by atoms with van der Waals surface area (Å²) in [6.07, 6.45) is 0. The summed E-state index contributed by atoms with van der Waals surface area (Å²) in [6.45, 7) is 4.83. The number of hydrogen-bond donors (Lipinski definition) is 1. The number of carbonyl (C=O) groups excluding carboxylic acids is 1. The van der Waals surface area contributed by atoms with E-state index in [-0.39, 0.29) is 0 Å². The molecule has 0 aromatic heterocycles. The van der Waals surface area contributed by atoms with Gasteiger partial charge in [0.1, 0.15) is 0 Å². The second-order valence-electron chi connectivity index (χ2n) is 1.85. The van der Waals surface area contributed by atoms with Crippen LogP contribution in [0.15, 0.2) is 0 Å². The summed E-state index contributed by atoms with van der Waals surface area (Å²) >= 11 is 5.14. The molecule has 0 spiro atoms. The fraction of sp³-hybridized carbons (Fsp3) is 0.833. The zero-order chi connectivity index (χ0) is 8.15. The molecular formula is C6H12ClNO2. The smallest absolute Gasteiger partial charge is 0.267 e. The maximum atomic E-state index is 10.8. The molecule has 1 unspecified atom stereocenters. The summed E-state index contributed by atoms with van der Waals surface area (Å²) < 4.78 is 0. The Bertz CT molecular complexity index is 112. The van der Waals surface area contributed by atoms with Crippen LogP contribution in [0.1, 0.15) is 13.8 Å². The van der Waals surface area contributed by atoms with Gasteiger partial charge in [-0.05, 0) is 13.8 Å². The fourth-order valence-corrected chi connectivity index (χ4v) is 0.824. The van der Waals surface area contributed by atoms with E-state index < -0.39 is 11.5 Å². The Hall–Kier alpha value is -0.280. The van der Waals surface area contributed by atoms with Crippen molar-refractivity contribution < 1.29 is 9.90 Å². The molecule has 0 heterocycles. The van der Waals surface area contributed by atoms with Crippen molar-refractivity contribution >= 4 is 17.5 Å². The molecule has 1 N–H and O–H groups in total. The minimum absolute atomic E-state index is 0.424. The summed E-state index contributed by atoms with van der Waals surface area (Å²) in [5, 5.41) is 8.63. The molecule has 0 aromatic rings. The Morgan fingerprint density at radius 2 is 2.00 bits per heavy atom. The number of nitrogens with zero attached hydrogens (tertiary/aromatic N) is 1. The van der Waals surface area contributed by atoms with Gasteiger partial charge in [-0.15, -0.1) is 0 Å². The van der Waals surface area contributed by atoms with E-state index in [2.05, 4.69) is 0 Å². The van der Waals surface area contributed by atoms with Gasteiger partial charge < -0.3 is 10.0 Å². The minimum atomic E-state index is -1.39. The first kappa shape index (κ1) is 9.72. The van der Waals surface area contributed by atoms with Gasteiger partial charge in [0.25, 0.3) is 5.91 Å². The second kappa shape index (κ2) is 4.52. The van der Waals surface area contributed by atoms with E-state index in [4.69, 9.17) is 16.7 Å². The zero-order valence-corrected chi connectivity index (χ0v) is 6.93. The molecule has 0 aliphatic rings. The third-order valence-corrected chi connectivity index (χ3v) is 1.47. The molecule has 60 valence electrons. The minimum Gasteiger partial charge on any atom is -0.369 e. The van der Waals surface area contributed by atoms with Crippen molar-refractivity contribution in [3.8, 4) is 0 Å². The standard InChI is InChI=1S/C6H12ClNO2/c1-3-8(4-2)6(10)5(7)9/h5,9H,3-4H2,1-2H3. The zero-order valence-electron chi connectivity index (χ0n) is 6.17. The lowest BCUT2D eigenvalue weighted by Crippen LogP contribution is -2.36. The predicted molar refractivity (Wildman–Crippen MR) is 39.8 cm³/mol. The number of halogens is 1. The van der Waals surface area contributed by atoms with Crippen LogP contribution in [-0.2, 0) is 4.79 Å². The van der Waals surface area contributed by atoms with Crippen molar-refractivity contribution in [1.29, 1.82) is 0 Å². The summed E-state index contributed by atoms with van der Waals surface area (Å²) in [5.74, 6) is -0.424. The molecule has 0 aromatic carbocycles. The molecule has 0 fully saturated rings.